The van der Waals surface area contributed by atoms with Crippen LogP contribution in [-0.4, -0.2) is 51.5 Å². The largest absolute Gasteiger partial charge is 0.485 e. The van der Waals surface area contributed by atoms with Gasteiger partial charge in [-0.1, -0.05) is 23.7 Å². The Morgan fingerprint density at radius 2 is 2.00 bits per heavy atom. The summed E-state index contributed by atoms with van der Waals surface area (Å²) in [6.07, 6.45) is -0.238. The van der Waals surface area contributed by atoms with Gasteiger partial charge in [-0.2, -0.15) is 0 Å². The number of rotatable bonds is 7. The van der Waals surface area contributed by atoms with Crippen LogP contribution in [0.4, 0.5) is 0 Å². The number of ether oxygens (including phenoxy) is 3. The van der Waals surface area contributed by atoms with Crippen LogP contribution in [0.1, 0.15) is 17.9 Å². The summed E-state index contributed by atoms with van der Waals surface area (Å²) >= 11 is 5.87. The van der Waals surface area contributed by atoms with E-state index in [4.69, 9.17) is 30.9 Å². The van der Waals surface area contributed by atoms with Gasteiger partial charge >= 0.3 is 5.97 Å². The molecule has 0 bridgehead atoms. The zero-order valence-corrected chi connectivity index (χ0v) is 17.5. The van der Waals surface area contributed by atoms with Gasteiger partial charge in [0.1, 0.15) is 6.10 Å². The van der Waals surface area contributed by atoms with Gasteiger partial charge in [0.25, 0.3) is 0 Å². The van der Waals surface area contributed by atoms with E-state index in [0.717, 1.165) is 5.56 Å². The molecule has 2 aromatic rings. The van der Waals surface area contributed by atoms with Crippen LogP contribution in [0.3, 0.4) is 0 Å². The Kier molecular flexibility index (Phi) is 5.63. The molecular formula is C20H20ClNO7S. The average Bonchev–Trinajstić information content (AvgIpc) is 3.23. The number of nitrogens with one attached hydrogen (secondary N) is 1. The number of benzene rings is 2. The van der Waals surface area contributed by atoms with Crippen LogP contribution in [0.2, 0.25) is 5.02 Å². The van der Waals surface area contributed by atoms with E-state index in [1.165, 1.54) is 31.4 Å². The van der Waals surface area contributed by atoms with E-state index < -0.39 is 28.6 Å². The predicted molar refractivity (Wildman–Crippen MR) is 108 cm³/mol. The molecule has 8 nitrogen and oxygen atoms in total. The summed E-state index contributed by atoms with van der Waals surface area (Å²) in [6.45, 7) is -0.498. The quantitative estimate of drug-likeness (QED) is 0.662. The van der Waals surface area contributed by atoms with Gasteiger partial charge in [0.15, 0.2) is 18.1 Å². The maximum Gasteiger partial charge on any atom is 0.341 e. The summed E-state index contributed by atoms with van der Waals surface area (Å²) in [7, 11) is -2.30. The molecule has 0 radical (unpaired) electrons. The van der Waals surface area contributed by atoms with Crippen molar-refractivity contribution in [1.29, 1.82) is 0 Å². The number of fused-ring (bicyclic) bond motifs is 3. The Bertz CT molecular complexity index is 1060. The SMILES string of the molecule is COC1CC2Oc3c(OCC(=O)O)cccc3C2C1NS(=O)(=O)c1ccc(Cl)cc1. The first kappa shape index (κ1) is 20.9. The molecule has 4 atom stereocenters. The third kappa shape index (κ3) is 3.85. The molecule has 10 heteroatoms. The van der Waals surface area contributed by atoms with Crippen LogP contribution in [0.25, 0.3) is 0 Å². The second-order valence-corrected chi connectivity index (χ2v) is 9.30. The fourth-order valence-corrected chi connectivity index (χ4v) is 5.49. The molecule has 1 heterocycles. The minimum atomic E-state index is -3.83. The Hall–Kier alpha value is -2.33. The molecule has 1 saturated carbocycles. The first-order valence-corrected chi connectivity index (χ1v) is 11.1. The molecular weight excluding hydrogens is 434 g/mol. The van der Waals surface area contributed by atoms with Crippen molar-refractivity contribution in [2.24, 2.45) is 0 Å². The highest BCUT2D eigenvalue weighted by Gasteiger charge is 2.52. The highest BCUT2D eigenvalue weighted by atomic mass is 35.5. The van der Waals surface area contributed by atoms with Gasteiger partial charge < -0.3 is 19.3 Å². The van der Waals surface area contributed by atoms with Crippen molar-refractivity contribution >= 4 is 27.6 Å². The minimum absolute atomic E-state index is 0.0999. The van der Waals surface area contributed by atoms with Crippen LogP contribution < -0.4 is 14.2 Å². The third-order valence-corrected chi connectivity index (χ3v) is 7.09. The van der Waals surface area contributed by atoms with Crippen LogP contribution >= 0.6 is 11.6 Å². The molecule has 4 rings (SSSR count). The predicted octanol–water partition coefficient (Wildman–Crippen LogP) is 2.41. The fraction of sp³-hybridized carbons (Fsp3) is 0.350. The first-order valence-electron chi connectivity index (χ1n) is 9.25. The number of halogens is 1. The van der Waals surface area contributed by atoms with Gasteiger partial charge in [0.2, 0.25) is 10.0 Å². The Morgan fingerprint density at radius 1 is 1.27 bits per heavy atom. The summed E-state index contributed by atoms with van der Waals surface area (Å²) in [5, 5.41) is 9.32. The lowest BCUT2D eigenvalue weighted by molar-refractivity contribution is -0.139. The molecule has 1 aliphatic carbocycles. The van der Waals surface area contributed by atoms with Crippen molar-refractivity contribution in [2.75, 3.05) is 13.7 Å². The Morgan fingerprint density at radius 3 is 2.67 bits per heavy atom. The fourth-order valence-electron chi connectivity index (χ4n) is 4.08. The summed E-state index contributed by atoms with van der Waals surface area (Å²) in [4.78, 5) is 10.9. The van der Waals surface area contributed by atoms with E-state index >= 15 is 0 Å². The van der Waals surface area contributed by atoms with Crippen molar-refractivity contribution in [3.8, 4) is 11.5 Å². The molecule has 4 unspecified atom stereocenters. The standard InChI is InChI=1S/C20H20ClNO7S/c1-27-16-9-15-18(13-3-2-4-14(20(13)29-15)28-10-17(23)24)19(16)22-30(25,26)12-7-5-11(21)6-8-12/h2-8,15-16,18-19,22H,9-10H2,1H3,(H,23,24). The number of aliphatic carboxylic acids is 1. The summed E-state index contributed by atoms with van der Waals surface area (Å²) in [5.41, 5.74) is 0.756. The second-order valence-electron chi connectivity index (χ2n) is 7.15. The van der Waals surface area contributed by atoms with Crippen molar-refractivity contribution in [1.82, 2.24) is 4.72 Å². The summed E-state index contributed by atoms with van der Waals surface area (Å²) in [6, 6.07) is 10.5. The smallest absolute Gasteiger partial charge is 0.341 e. The van der Waals surface area contributed by atoms with Crippen molar-refractivity contribution < 1.29 is 32.5 Å². The Balaban J connectivity index is 1.65. The minimum Gasteiger partial charge on any atom is -0.485 e. The van der Waals surface area contributed by atoms with E-state index in [9.17, 15) is 13.2 Å². The highest BCUT2D eigenvalue weighted by Crippen LogP contribution is 2.51. The van der Waals surface area contributed by atoms with E-state index in [2.05, 4.69) is 4.72 Å². The number of methoxy groups -OCH3 is 1. The second kappa shape index (κ2) is 8.07. The van der Waals surface area contributed by atoms with E-state index in [1.54, 1.807) is 12.1 Å². The number of carboxylic acids is 1. The monoisotopic (exact) mass is 453 g/mol. The van der Waals surface area contributed by atoms with Gasteiger partial charge in [0.05, 0.1) is 17.0 Å². The summed E-state index contributed by atoms with van der Waals surface area (Å²) < 4.78 is 45.6. The summed E-state index contributed by atoms with van der Waals surface area (Å²) in [5.74, 6) is -0.643. The van der Waals surface area contributed by atoms with Gasteiger partial charge in [-0.25, -0.2) is 17.9 Å². The molecule has 160 valence electrons. The van der Waals surface area contributed by atoms with Crippen LogP contribution in [0.15, 0.2) is 47.4 Å². The first-order chi connectivity index (χ1) is 14.3. The number of carbonyl (C=O) groups is 1. The van der Waals surface area contributed by atoms with E-state index in [-0.39, 0.29) is 23.0 Å². The van der Waals surface area contributed by atoms with E-state index in [0.29, 0.717) is 22.9 Å². The average molecular weight is 454 g/mol. The lowest BCUT2D eigenvalue weighted by Gasteiger charge is -2.24. The van der Waals surface area contributed by atoms with Crippen molar-refractivity contribution in [3.63, 3.8) is 0 Å². The maximum atomic E-state index is 13.0. The number of hydrogen-bond acceptors (Lipinski definition) is 6. The number of carboxylic acid groups (broad SMARTS) is 1. The lowest BCUT2D eigenvalue weighted by atomic mass is 9.94. The molecule has 1 fully saturated rings. The maximum absolute atomic E-state index is 13.0. The van der Waals surface area contributed by atoms with Gasteiger partial charge in [0, 0.05) is 30.0 Å². The molecule has 1 aliphatic heterocycles. The normalized spacial score (nSPS) is 24.7. The van der Waals surface area contributed by atoms with Crippen LogP contribution in [-0.2, 0) is 19.6 Å². The molecule has 0 spiro atoms. The van der Waals surface area contributed by atoms with Crippen molar-refractivity contribution in [2.45, 2.75) is 35.5 Å². The molecule has 0 amide bonds. The molecule has 2 aliphatic rings. The van der Waals surface area contributed by atoms with Crippen molar-refractivity contribution in [3.05, 3.63) is 53.1 Å². The van der Waals surface area contributed by atoms with E-state index in [1.807, 2.05) is 6.07 Å². The van der Waals surface area contributed by atoms with Crippen LogP contribution in [0.5, 0.6) is 11.5 Å². The molecule has 0 aromatic heterocycles. The molecule has 2 N–H and O–H groups in total. The zero-order chi connectivity index (χ0) is 21.5. The highest BCUT2D eigenvalue weighted by molar-refractivity contribution is 7.89. The van der Waals surface area contributed by atoms with Crippen LogP contribution in [0, 0.1) is 0 Å². The van der Waals surface area contributed by atoms with Gasteiger partial charge in [-0.05, 0) is 30.3 Å². The third-order valence-electron chi connectivity index (χ3n) is 5.36. The molecule has 30 heavy (non-hydrogen) atoms. The van der Waals surface area contributed by atoms with Gasteiger partial charge in [-0.15, -0.1) is 0 Å². The number of para-hydroxylation sites is 1. The topological polar surface area (TPSA) is 111 Å². The molecule has 2 aromatic carbocycles. The van der Waals surface area contributed by atoms with Gasteiger partial charge in [-0.3, -0.25) is 0 Å². The lowest BCUT2D eigenvalue weighted by Crippen LogP contribution is -2.44. The molecule has 0 saturated heterocycles. The number of hydrogen-bond donors (Lipinski definition) is 2. The zero-order valence-electron chi connectivity index (χ0n) is 15.9. The Labute approximate surface area is 178 Å². The number of sulfonamides is 1.